The zero-order valence-electron chi connectivity index (χ0n) is 9.96. The van der Waals surface area contributed by atoms with Gasteiger partial charge in [0.2, 0.25) is 10.0 Å². The molecule has 0 aliphatic heterocycles. The van der Waals surface area contributed by atoms with Gasteiger partial charge >= 0.3 is 0 Å². The van der Waals surface area contributed by atoms with Crippen LogP contribution >= 0.6 is 0 Å². The first-order valence-electron chi connectivity index (χ1n) is 5.21. The number of anilines is 1. The van der Waals surface area contributed by atoms with Crippen LogP contribution in [0.25, 0.3) is 0 Å². The van der Waals surface area contributed by atoms with E-state index in [1.165, 1.54) is 11.4 Å². The Morgan fingerprint density at radius 2 is 2.12 bits per heavy atom. The van der Waals surface area contributed by atoms with Crippen LogP contribution in [-0.2, 0) is 10.0 Å². The van der Waals surface area contributed by atoms with E-state index in [2.05, 4.69) is 0 Å². The second-order valence-electron chi connectivity index (χ2n) is 3.61. The summed E-state index contributed by atoms with van der Waals surface area (Å²) in [6.07, 6.45) is 1.54. The minimum absolute atomic E-state index is 0.0456. The molecular formula is C11H17NO4S. The molecule has 0 aromatic heterocycles. The second kappa shape index (κ2) is 5.88. The Kier molecular flexibility index (Phi) is 4.77. The second-order valence-corrected chi connectivity index (χ2v) is 5.52. The molecule has 0 amide bonds. The van der Waals surface area contributed by atoms with Gasteiger partial charge in [-0.1, -0.05) is 6.07 Å². The molecule has 1 aromatic rings. The van der Waals surface area contributed by atoms with Crippen LogP contribution in [0.2, 0.25) is 0 Å². The van der Waals surface area contributed by atoms with Crippen LogP contribution < -0.4 is 9.04 Å². The number of ether oxygens (including phenoxy) is 1. The third-order valence-electron chi connectivity index (χ3n) is 2.26. The molecule has 0 fully saturated rings. The monoisotopic (exact) mass is 259 g/mol. The van der Waals surface area contributed by atoms with Gasteiger partial charge in [0.05, 0.1) is 19.1 Å². The van der Waals surface area contributed by atoms with E-state index in [1.54, 1.807) is 24.3 Å². The first-order chi connectivity index (χ1) is 7.99. The van der Waals surface area contributed by atoms with Crippen LogP contribution in [0.5, 0.6) is 5.75 Å². The number of sulfonamides is 1. The summed E-state index contributed by atoms with van der Waals surface area (Å²) in [4.78, 5) is 0. The third-order valence-corrected chi connectivity index (χ3v) is 3.46. The van der Waals surface area contributed by atoms with Crippen molar-refractivity contribution >= 4 is 15.7 Å². The van der Waals surface area contributed by atoms with Crippen molar-refractivity contribution in [2.45, 2.75) is 6.42 Å². The maximum Gasteiger partial charge on any atom is 0.232 e. The molecule has 6 heteroatoms. The molecule has 0 saturated carbocycles. The number of hydrogen-bond donors (Lipinski definition) is 1. The Balaban J connectivity index is 3.04. The number of aliphatic hydroxyl groups is 1. The lowest BCUT2D eigenvalue weighted by Crippen LogP contribution is -2.31. The molecule has 1 rings (SSSR count). The fourth-order valence-corrected chi connectivity index (χ4v) is 2.42. The van der Waals surface area contributed by atoms with Crippen LogP contribution in [0.3, 0.4) is 0 Å². The van der Waals surface area contributed by atoms with Crippen LogP contribution in [0, 0.1) is 0 Å². The summed E-state index contributed by atoms with van der Waals surface area (Å²) in [6.45, 7) is 0.207. The van der Waals surface area contributed by atoms with Gasteiger partial charge in [0.1, 0.15) is 5.75 Å². The van der Waals surface area contributed by atoms with E-state index in [4.69, 9.17) is 9.84 Å². The highest BCUT2D eigenvalue weighted by Gasteiger charge is 2.17. The maximum atomic E-state index is 11.6. The normalized spacial score (nSPS) is 11.2. The van der Waals surface area contributed by atoms with E-state index in [-0.39, 0.29) is 13.2 Å². The van der Waals surface area contributed by atoms with Crippen LogP contribution in [0.1, 0.15) is 6.42 Å². The molecule has 0 spiro atoms. The van der Waals surface area contributed by atoms with Gasteiger partial charge in [-0.05, 0) is 18.6 Å². The SMILES string of the molecule is COc1cccc(N(CCCO)S(C)(=O)=O)c1. The average Bonchev–Trinajstić information content (AvgIpc) is 2.28. The minimum atomic E-state index is -3.35. The summed E-state index contributed by atoms with van der Waals surface area (Å²) in [5, 5.41) is 8.78. The maximum absolute atomic E-state index is 11.6. The molecule has 0 aliphatic rings. The van der Waals surface area contributed by atoms with Gasteiger partial charge in [0, 0.05) is 19.2 Å². The molecular weight excluding hydrogens is 242 g/mol. The number of nitrogens with zero attached hydrogens (tertiary/aromatic N) is 1. The van der Waals surface area contributed by atoms with Gasteiger partial charge in [-0.25, -0.2) is 8.42 Å². The molecule has 96 valence electrons. The van der Waals surface area contributed by atoms with E-state index >= 15 is 0 Å². The van der Waals surface area contributed by atoms with Gasteiger partial charge in [-0.3, -0.25) is 4.31 Å². The Labute approximate surface area is 102 Å². The summed E-state index contributed by atoms with van der Waals surface area (Å²) < 4.78 is 29.6. The molecule has 0 atom stereocenters. The lowest BCUT2D eigenvalue weighted by Gasteiger charge is -2.22. The predicted molar refractivity (Wildman–Crippen MR) is 66.9 cm³/mol. The van der Waals surface area contributed by atoms with E-state index in [0.717, 1.165) is 6.26 Å². The average molecular weight is 259 g/mol. The van der Waals surface area contributed by atoms with Crippen molar-refractivity contribution in [1.29, 1.82) is 0 Å². The Bertz CT molecular complexity index is 458. The first kappa shape index (κ1) is 13.8. The lowest BCUT2D eigenvalue weighted by atomic mass is 10.3. The topological polar surface area (TPSA) is 66.8 Å². The Morgan fingerprint density at radius 1 is 1.41 bits per heavy atom. The molecule has 5 nitrogen and oxygen atoms in total. The highest BCUT2D eigenvalue weighted by molar-refractivity contribution is 7.92. The van der Waals surface area contributed by atoms with Crippen molar-refractivity contribution in [3.8, 4) is 5.75 Å². The fourth-order valence-electron chi connectivity index (χ4n) is 1.47. The largest absolute Gasteiger partial charge is 0.497 e. The van der Waals surface area contributed by atoms with Gasteiger partial charge in [0.25, 0.3) is 0 Å². The summed E-state index contributed by atoms with van der Waals surface area (Å²) in [5.74, 6) is 0.597. The minimum Gasteiger partial charge on any atom is -0.497 e. The third kappa shape index (κ3) is 3.90. The number of hydrogen-bond acceptors (Lipinski definition) is 4. The number of rotatable bonds is 6. The molecule has 0 aliphatic carbocycles. The number of methoxy groups -OCH3 is 1. The number of aliphatic hydroxyl groups excluding tert-OH is 1. The Hall–Kier alpha value is -1.27. The zero-order chi connectivity index (χ0) is 12.9. The predicted octanol–water partition coefficient (Wildman–Crippen LogP) is 0.844. The summed E-state index contributed by atoms with van der Waals surface area (Å²) in [5.41, 5.74) is 0.542. The smallest absolute Gasteiger partial charge is 0.232 e. The van der Waals surface area contributed by atoms with E-state index < -0.39 is 10.0 Å². The quantitative estimate of drug-likeness (QED) is 0.822. The highest BCUT2D eigenvalue weighted by Crippen LogP contribution is 2.23. The molecule has 0 saturated heterocycles. The van der Waals surface area contributed by atoms with E-state index in [0.29, 0.717) is 17.9 Å². The van der Waals surface area contributed by atoms with Gasteiger partial charge < -0.3 is 9.84 Å². The molecule has 1 aromatic carbocycles. The Morgan fingerprint density at radius 3 is 2.65 bits per heavy atom. The standard InChI is InChI=1S/C11H17NO4S/c1-16-11-6-3-5-10(9-11)12(7-4-8-13)17(2,14)15/h3,5-6,9,13H,4,7-8H2,1-2H3. The van der Waals surface area contributed by atoms with E-state index in [9.17, 15) is 8.42 Å². The molecule has 0 bridgehead atoms. The lowest BCUT2D eigenvalue weighted by molar-refractivity contribution is 0.291. The highest BCUT2D eigenvalue weighted by atomic mass is 32.2. The number of benzene rings is 1. The molecule has 0 radical (unpaired) electrons. The molecule has 17 heavy (non-hydrogen) atoms. The van der Waals surface area contributed by atoms with Crippen molar-refractivity contribution in [2.24, 2.45) is 0 Å². The van der Waals surface area contributed by atoms with Crippen LogP contribution in [0.4, 0.5) is 5.69 Å². The van der Waals surface area contributed by atoms with Gasteiger partial charge in [0.15, 0.2) is 0 Å². The van der Waals surface area contributed by atoms with Crippen molar-refractivity contribution < 1.29 is 18.3 Å². The molecule has 0 unspecified atom stereocenters. The summed E-state index contributed by atoms with van der Waals surface area (Å²) >= 11 is 0. The van der Waals surface area contributed by atoms with Gasteiger partial charge in [-0.2, -0.15) is 0 Å². The zero-order valence-corrected chi connectivity index (χ0v) is 10.8. The van der Waals surface area contributed by atoms with Crippen molar-refractivity contribution in [1.82, 2.24) is 0 Å². The van der Waals surface area contributed by atoms with Crippen molar-refractivity contribution in [3.63, 3.8) is 0 Å². The molecule has 1 N–H and O–H groups in total. The molecule has 0 heterocycles. The van der Waals surface area contributed by atoms with Gasteiger partial charge in [-0.15, -0.1) is 0 Å². The van der Waals surface area contributed by atoms with E-state index in [1.807, 2.05) is 0 Å². The van der Waals surface area contributed by atoms with Crippen LogP contribution in [-0.4, -0.2) is 40.0 Å². The van der Waals surface area contributed by atoms with Crippen molar-refractivity contribution in [3.05, 3.63) is 24.3 Å². The van der Waals surface area contributed by atoms with Crippen LogP contribution in [0.15, 0.2) is 24.3 Å². The first-order valence-corrected chi connectivity index (χ1v) is 7.06. The van der Waals surface area contributed by atoms with Crippen molar-refractivity contribution in [2.75, 3.05) is 30.8 Å². The summed E-state index contributed by atoms with van der Waals surface area (Å²) in [7, 11) is -1.82. The summed E-state index contributed by atoms with van der Waals surface area (Å²) in [6, 6.07) is 6.82. The fraction of sp³-hybridized carbons (Fsp3) is 0.455.